The van der Waals surface area contributed by atoms with Crippen LogP contribution < -0.4 is 5.32 Å². The number of nitrogens with zero attached hydrogens (tertiary/aromatic N) is 1. The molecule has 0 saturated heterocycles. The Hall–Kier alpha value is -2.95. The van der Waals surface area contributed by atoms with Gasteiger partial charge >= 0.3 is 0 Å². The van der Waals surface area contributed by atoms with Crippen molar-refractivity contribution in [1.29, 1.82) is 0 Å². The topological polar surface area (TPSA) is 57.8 Å². The lowest BCUT2D eigenvalue weighted by Crippen LogP contribution is -2.11. The maximum Gasteiger partial charge on any atom is 0.255 e. The van der Waals surface area contributed by atoms with Gasteiger partial charge < -0.3 is 10.3 Å². The molecule has 4 nitrogen and oxygen atoms in total. The predicted octanol–water partition coefficient (Wildman–Crippen LogP) is 3.47. The summed E-state index contributed by atoms with van der Waals surface area (Å²) >= 11 is 0. The first-order valence-electron chi connectivity index (χ1n) is 6.39. The fraction of sp³-hybridized carbons (Fsp3) is 0. The minimum Gasteiger partial charge on any atom is -0.345 e. The van der Waals surface area contributed by atoms with Gasteiger partial charge in [0.25, 0.3) is 5.91 Å². The first kappa shape index (κ1) is 13.1. The average molecular weight is 281 g/mol. The molecule has 1 heterocycles. The van der Waals surface area contributed by atoms with Crippen LogP contribution in [0, 0.1) is 5.82 Å². The molecule has 1 aromatic heterocycles. The van der Waals surface area contributed by atoms with Crippen molar-refractivity contribution >= 4 is 11.6 Å². The van der Waals surface area contributed by atoms with Crippen LogP contribution in [0.3, 0.4) is 0 Å². The van der Waals surface area contributed by atoms with Crippen LogP contribution in [0.15, 0.2) is 60.9 Å². The summed E-state index contributed by atoms with van der Waals surface area (Å²) in [4.78, 5) is 19.2. The summed E-state index contributed by atoms with van der Waals surface area (Å²) in [5, 5.41) is 2.76. The average Bonchev–Trinajstić information content (AvgIpc) is 3.03. The van der Waals surface area contributed by atoms with E-state index in [4.69, 9.17) is 0 Å². The Morgan fingerprint density at radius 2 is 1.76 bits per heavy atom. The van der Waals surface area contributed by atoms with E-state index in [1.165, 1.54) is 24.3 Å². The molecule has 0 aliphatic carbocycles. The lowest BCUT2D eigenvalue weighted by atomic mass is 10.1. The van der Waals surface area contributed by atoms with E-state index in [-0.39, 0.29) is 11.7 Å². The van der Waals surface area contributed by atoms with Gasteiger partial charge in [-0.05, 0) is 48.5 Å². The Labute approximate surface area is 120 Å². The van der Waals surface area contributed by atoms with E-state index < -0.39 is 0 Å². The number of H-pyrrole nitrogens is 1. The molecule has 0 radical (unpaired) electrons. The summed E-state index contributed by atoms with van der Waals surface area (Å²) < 4.78 is 12.8. The predicted molar refractivity (Wildman–Crippen MR) is 78.4 cm³/mol. The molecule has 21 heavy (non-hydrogen) atoms. The van der Waals surface area contributed by atoms with Gasteiger partial charge in [0.15, 0.2) is 0 Å². The molecule has 0 bridgehead atoms. The molecular formula is C16H12FN3O. The van der Waals surface area contributed by atoms with Gasteiger partial charge in [0.05, 0.1) is 0 Å². The number of hydrogen-bond donors (Lipinski definition) is 2. The van der Waals surface area contributed by atoms with Crippen LogP contribution in [0.1, 0.15) is 10.4 Å². The number of carbonyl (C=O) groups is 1. The maximum atomic E-state index is 12.8. The third kappa shape index (κ3) is 2.97. The molecule has 0 unspecified atom stereocenters. The molecule has 0 aliphatic heterocycles. The third-order valence-electron chi connectivity index (χ3n) is 3.02. The van der Waals surface area contributed by atoms with E-state index >= 15 is 0 Å². The van der Waals surface area contributed by atoms with Gasteiger partial charge in [-0.1, -0.05) is 0 Å². The number of hydrogen-bond acceptors (Lipinski definition) is 2. The summed E-state index contributed by atoms with van der Waals surface area (Å²) in [6.07, 6.45) is 3.43. The van der Waals surface area contributed by atoms with Crippen LogP contribution in [-0.2, 0) is 0 Å². The second-order valence-corrected chi connectivity index (χ2v) is 4.48. The van der Waals surface area contributed by atoms with Crippen molar-refractivity contribution in [2.75, 3.05) is 5.32 Å². The molecule has 0 fully saturated rings. The van der Waals surface area contributed by atoms with Crippen molar-refractivity contribution < 1.29 is 9.18 Å². The lowest BCUT2D eigenvalue weighted by molar-refractivity contribution is 0.102. The van der Waals surface area contributed by atoms with Crippen molar-refractivity contribution in [3.8, 4) is 11.4 Å². The van der Waals surface area contributed by atoms with Gasteiger partial charge in [-0.3, -0.25) is 4.79 Å². The number of amides is 1. The van der Waals surface area contributed by atoms with E-state index in [1.54, 1.807) is 24.5 Å². The van der Waals surface area contributed by atoms with E-state index in [0.29, 0.717) is 11.3 Å². The first-order chi connectivity index (χ1) is 10.2. The number of aromatic nitrogens is 2. The van der Waals surface area contributed by atoms with E-state index in [2.05, 4.69) is 15.3 Å². The number of rotatable bonds is 3. The maximum absolute atomic E-state index is 12.8. The minimum absolute atomic E-state index is 0.277. The SMILES string of the molecule is O=C(Nc1ccc(-c2ncc[nH]2)cc1)c1ccc(F)cc1. The zero-order chi connectivity index (χ0) is 14.7. The lowest BCUT2D eigenvalue weighted by Gasteiger charge is -2.06. The number of benzene rings is 2. The molecular weight excluding hydrogens is 269 g/mol. The molecule has 5 heteroatoms. The Balaban J connectivity index is 1.73. The van der Waals surface area contributed by atoms with Crippen LogP contribution in [0.25, 0.3) is 11.4 Å². The van der Waals surface area contributed by atoms with Gasteiger partial charge in [-0.2, -0.15) is 0 Å². The highest BCUT2D eigenvalue weighted by Gasteiger charge is 2.06. The van der Waals surface area contributed by atoms with E-state index in [0.717, 1.165) is 11.4 Å². The van der Waals surface area contributed by atoms with Crippen LogP contribution in [-0.4, -0.2) is 15.9 Å². The Morgan fingerprint density at radius 1 is 1.05 bits per heavy atom. The minimum atomic E-state index is -0.366. The van der Waals surface area contributed by atoms with E-state index in [9.17, 15) is 9.18 Å². The Morgan fingerprint density at radius 3 is 2.38 bits per heavy atom. The van der Waals surface area contributed by atoms with Gasteiger partial charge in [-0.25, -0.2) is 9.37 Å². The van der Waals surface area contributed by atoms with Crippen molar-refractivity contribution in [1.82, 2.24) is 9.97 Å². The fourth-order valence-corrected chi connectivity index (χ4v) is 1.94. The summed E-state index contributed by atoms with van der Waals surface area (Å²) in [6, 6.07) is 12.7. The molecule has 2 N–H and O–H groups in total. The van der Waals surface area contributed by atoms with Crippen molar-refractivity contribution in [3.63, 3.8) is 0 Å². The van der Waals surface area contributed by atoms with E-state index in [1.807, 2.05) is 12.1 Å². The van der Waals surface area contributed by atoms with Gasteiger partial charge in [0.1, 0.15) is 11.6 Å². The van der Waals surface area contributed by atoms with Crippen LogP contribution in [0.2, 0.25) is 0 Å². The molecule has 0 aliphatic rings. The van der Waals surface area contributed by atoms with Crippen molar-refractivity contribution in [2.45, 2.75) is 0 Å². The Kier molecular flexibility index (Phi) is 3.47. The molecule has 0 saturated carbocycles. The molecule has 104 valence electrons. The summed E-state index contributed by atoms with van der Waals surface area (Å²) in [5.41, 5.74) is 2.01. The van der Waals surface area contributed by atoms with Gasteiger partial charge in [0, 0.05) is 29.2 Å². The van der Waals surface area contributed by atoms with Crippen molar-refractivity contribution in [2.24, 2.45) is 0 Å². The quantitative estimate of drug-likeness (QED) is 0.772. The van der Waals surface area contributed by atoms with Crippen molar-refractivity contribution in [3.05, 3.63) is 72.3 Å². The second-order valence-electron chi connectivity index (χ2n) is 4.48. The fourth-order valence-electron chi connectivity index (χ4n) is 1.94. The number of imidazole rings is 1. The highest BCUT2D eigenvalue weighted by molar-refractivity contribution is 6.04. The highest BCUT2D eigenvalue weighted by Crippen LogP contribution is 2.18. The zero-order valence-electron chi connectivity index (χ0n) is 11.0. The molecule has 2 aromatic carbocycles. The van der Waals surface area contributed by atoms with Crippen LogP contribution in [0.4, 0.5) is 10.1 Å². The molecule has 0 atom stereocenters. The normalized spacial score (nSPS) is 10.3. The third-order valence-corrected chi connectivity index (χ3v) is 3.02. The number of anilines is 1. The number of nitrogens with one attached hydrogen (secondary N) is 2. The monoisotopic (exact) mass is 281 g/mol. The van der Waals surface area contributed by atoms with Gasteiger partial charge in [-0.15, -0.1) is 0 Å². The number of aromatic amines is 1. The summed E-state index contributed by atoms with van der Waals surface area (Å²) in [5.74, 6) is 0.126. The number of carbonyl (C=O) groups excluding carboxylic acids is 1. The van der Waals surface area contributed by atoms with Crippen LogP contribution in [0.5, 0.6) is 0 Å². The molecule has 3 aromatic rings. The summed E-state index contributed by atoms with van der Waals surface area (Å²) in [7, 11) is 0. The standard InChI is InChI=1S/C16H12FN3O/c17-13-5-1-12(2-6-13)16(21)20-14-7-3-11(4-8-14)15-18-9-10-19-15/h1-10H,(H,18,19)(H,20,21). The largest absolute Gasteiger partial charge is 0.345 e. The first-order valence-corrected chi connectivity index (χ1v) is 6.39. The second kappa shape index (κ2) is 5.58. The zero-order valence-corrected chi connectivity index (χ0v) is 11.0. The molecule has 3 rings (SSSR count). The van der Waals surface area contributed by atoms with Crippen LogP contribution >= 0.6 is 0 Å². The summed E-state index contributed by atoms with van der Waals surface area (Å²) in [6.45, 7) is 0. The highest BCUT2D eigenvalue weighted by atomic mass is 19.1. The van der Waals surface area contributed by atoms with Gasteiger partial charge in [0.2, 0.25) is 0 Å². The Bertz CT molecular complexity index is 734. The smallest absolute Gasteiger partial charge is 0.255 e. The molecule has 0 spiro atoms. The molecule has 1 amide bonds. The number of halogens is 1.